The lowest BCUT2D eigenvalue weighted by Crippen LogP contribution is -2.38. The number of methoxy groups -OCH3 is 1. The van der Waals surface area contributed by atoms with Crippen LogP contribution in [0.25, 0.3) is 0 Å². The van der Waals surface area contributed by atoms with Crippen molar-refractivity contribution in [3.63, 3.8) is 0 Å². The number of hydrogen-bond acceptors (Lipinski definition) is 3. The van der Waals surface area contributed by atoms with Gasteiger partial charge in [0.05, 0.1) is 7.11 Å². The molecule has 0 saturated heterocycles. The lowest BCUT2D eigenvalue weighted by Gasteiger charge is -2.38. The smallest absolute Gasteiger partial charge is 0.161 e. The molecule has 1 aromatic rings. The molecule has 0 spiro atoms. The summed E-state index contributed by atoms with van der Waals surface area (Å²) in [5, 5.41) is 10.6. The van der Waals surface area contributed by atoms with Crippen LogP contribution in [0.15, 0.2) is 6.07 Å². The molecule has 1 fully saturated rings. The van der Waals surface area contributed by atoms with Crippen molar-refractivity contribution in [1.82, 2.24) is 0 Å². The van der Waals surface area contributed by atoms with Gasteiger partial charge in [-0.2, -0.15) is 0 Å². The summed E-state index contributed by atoms with van der Waals surface area (Å²) in [7, 11) is 1.60. The summed E-state index contributed by atoms with van der Waals surface area (Å²) < 4.78 is 5.31. The van der Waals surface area contributed by atoms with Crippen LogP contribution in [-0.2, 0) is 5.41 Å². The number of nitrogens with two attached hydrogens (primary N) is 1. The molecule has 0 atom stereocenters. The molecule has 106 valence electrons. The fourth-order valence-corrected chi connectivity index (χ4v) is 3.46. The average molecular weight is 263 g/mol. The lowest BCUT2D eigenvalue weighted by molar-refractivity contribution is 0.284. The van der Waals surface area contributed by atoms with Gasteiger partial charge >= 0.3 is 0 Å². The normalized spacial score (nSPS) is 18.3. The Labute approximate surface area is 115 Å². The van der Waals surface area contributed by atoms with Crippen molar-refractivity contribution < 1.29 is 9.84 Å². The molecule has 0 radical (unpaired) electrons. The van der Waals surface area contributed by atoms with Crippen LogP contribution in [0.3, 0.4) is 0 Å². The molecule has 0 aromatic heterocycles. The Bertz CT molecular complexity index is 462. The van der Waals surface area contributed by atoms with E-state index in [0.717, 1.165) is 29.5 Å². The van der Waals surface area contributed by atoms with Crippen molar-refractivity contribution in [2.75, 3.05) is 13.7 Å². The molecule has 1 aliphatic carbocycles. The first-order valence-corrected chi connectivity index (χ1v) is 7.13. The van der Waals surface area contributed by atoms with E-state index in [1.807, 2.05) is 6.07 Å². The summed E-state index contributed by atoms with van der Waals surface area (Å²) in [4.78, 5) is 0. The lowest BCUT2D eigenvalue weighted by atomic mass is 9.67. The second-order valence-electron chi connectivity index (χ2n) is 5.79. The van der Waals surface area contributed by atoms with Gasteiger partial charge in [0.2, 0.25) is 0 Å². The van der Waals surface area contributed by atoms with Gasteiger partial charge in [0, 0.05) is 17.5 Å². The number of aryl methyl sites for hydroxylation is 1. The molecule has 0 unspecified atom stereocenters. The summed E-state index contributed by atoms with van der Waals surface area (Å²) >= 11 is 0. The summed E-state index contributed by atoms with van der Waals surface area (Å²) in [5.74, 6) is 0.856. The van der Waals surface area contributed by atoms with E-state index < -0.39 is 0 Å². The third-order valence-electron chi connectivity index (χ3n) is 4.74. The van der Waals surface area contributed by atoms with Crippen molar-refractivity contribution in [1.29, 1.82) is 0 Å². The van der Waals surface area contributed by atoms with Crippen molar-refractivity contribution in [3.8, 4) is 11.5 Å². The van der Waals surface area contributed by atoms with Crippen LogP contribution in [0.4, 0.5) is 0 Å². The molecule has 19 heavy (non-hydrogen) atoms. The highest BCUT2D eigenvalue weighted by molar-refractivity contribution is 5.56. The topological polar surface area (TPSA) is 55.5 Å². The highest BCUT2D eigenvalue weighted by Crippen LogP contribution is 2.47. The first kappa shape index (κ1) is 14.2. The van der Waals surface area contributed by atoms with Crippen LogP contribution >= 0.6 is 0 Å². The van der Waals surface area contributed by atoms with Crippen molar-refractivity contribution in [3.05, 3.63) is 22.8 Å². The Morgan fingerprint density at radius 3 is 2.42 bits per heavy atom. The Kier molecular flexibility index (Phi) is 4.04. The molecular formula is C16H25NO2. The van der Waals surface area contributed by atoms with Crippen LogP contribution in [0.5, 0.6) is 11.5 Å². The van der Waals surface area contributed by atoms with Gasteiger partial charge in [-0.05, 0) is 43.9 Å². The number of ether oxygens (including phenoxy) is 1. The summed E-state index contributed by atoms with van der Waals surface area (Å²) in [5.41, 5.74) is 9.35. The van der Waals surface area contributed by atoms with E-state index in [0.29, 0.717) is 12.3 Å². The molecule has 1 aliphatic rings. The van der Waals surface area contributed by atoms with E-state index in [9.17, 15) is 5.11 Å². The van der Waals surface area contributed by atoms with Crippen LogP contribution < -0.4 is 10.5 Å². The molecule has 0 heterocycles. The van der Waals surface area contributed by atoms with Gasteiger partial charge in [0.15, 0.2) is 11.5 Å². The van der Waals surface area contributed by atoms with E-state index in [2.05, 4.69) is 13.8 Å². The van der Waals surface area contributed by atoms with Crippen molar-refractivity contribution in [2.45, 2.75) is 51.4 Å². The largest absolute Gasteiger partial charge is 0.504 e. The maximum absolute atomic E-state index is 10.6. The molecule has 3 heteroatoms. The van der Waals surface area contributed by atoms with Gasteiger partial charge in [0.25, 0.3) is 0 Å². The fraction of sp³-hybridized carbons (Fsp3) is 0.625. The Morgan fingerprint density at radius 1 is 1.26 bits per heavy atom. The molecular weight excluding hydrogens is 238 g/mol. The third-order valence-corrected chi connectivity index (χ3v) is 4.74. The minimum Gasteiger partial charge on any atom is -0.504 e. The molecule has 1 aromatic carbocycles. The standard InChI is InChI=1S/C16H25NO2/c1-11-9-13(19-3)15(18)14(12(11)2)16(10-17)7-5-4-6-8-16/h9,18H,4-8,10,17H2,1-3H3. The molecule has 3 nitrogen and oxygen atoms in total. The quantitative estimate of drug-likeness (QED) is 0.880. The first-order valence-electron chi connectivity index (χ1n) is 7.13. The molecule has 0 bridgehead atoms. The van der Waals surface area contributed by atoms with Crippen LogP contribution in [0.1, 0.15) is 48.8 Å². The SMILES string of the molecule is COc1cc(C)c(C)c(C2(CN)CCCCC2)c1O. The maximum atomic E-state index is 10.6. The van der Waals surface area contributed by atoms with Gasteiger partial charge in [-0.25, -0.2) is 0 Å². The van der Waals surface area contributed by atoms with E-state index in [1.165, 1.54) is 19.3 Å². The number of hydrogen-bond donors (Lipinski definition) is 2. The van der Waals surface area contributed by atoms with Crippen LogP contribution in [0, 0.1) is 13.8 Å². The van der Waals surface area contributed by atoms with E-state index in [-0.39, 0.29) is 11.2 Å². The predicted octanol–water partition coefficient (Wildman–Crippen LogP) is 3.18. The predicted molar refractivity (Wildman–Crippen MR) is 78.0 cm³/mol. The molecule has 3 N–H and O–H groups in total. The van der Waals surface area contributed by atoms with Gasteiger partial charge in [-0.1, -0.05) is 19.3 Å². The number of rotatable bonds is 3. The highest BCUT2D eigenvalue weighted by atomic mass is 16.5. The fourth-order valence-electron chi connectivity index (χ4n) is 3.46. The maximum Gasteiger partial charge on any atom is 0.161 e. The Morgan fingerprint density at radius 2 is 1.89 bits per heavy atom. The van der Waals surface area contributed by atoms with E-state index >= 15 is 0 Å². The second kappa shape index (κ2) is 5.41. The van der Waals surface area contributed by atoms with Gasteiger partial charge in [0.1, 0.15) is 0 Å². The van der Waals surface area contributed by atoms with Gasteiger partial charge in [-0.3, -0.25) is 0 Å². The number of phenolic OH excluding ortho intramolecular Hbond substituents is 1. The van der Waals surface area contributed by atoms with Crippen LogP contribution in [-0.4, -0.2) is 18.8 Å². The van der Waals surface area contributed by atoms with Crippen LogP contribution in [0.2, 0.25) is 0 Å². The summed E-state index contributed by atoms with van der Waals surface area (Å²) in [6, 6.07) is 1.90. The zero-order valence-corrected chi connectivity index (χ0v) is 12.3. The average Bonchev–Trinajstić information content (AvgIpc) is 2.44. The monoisotopic (exact) mass is 263 g/mol. The number of phenols is 1. The zero-order valence-electron chi connectivity index (χ0n) is 12.3. The summed E-state index contributed by atoms with van der Waals surface area (Å²) in [6.45, 7) is 4.73. The molecule has 0 amide bonds. The molecule has 0 aliphatic heterocycles. The first-order chi connectivity index (χ1) is 9.05. The van der Waals surface area contributed by atoms with Crippen molar-refractivity contribution >= 4 is 0 Å². The van der Waals surface area contributed by atoms with Gasteiger partial charge < -0.3 is 15.6 Å². The molecule has 1 saturated carbocycles. The Hall–Kier alpha value is -1.22. The molecule has 2 rings (SSSR count). The highest BCUT2D eigenvalue weighted by Gasteiger charge is 2.37. The van der Waals surface area contributed by atoms with Gasteiger partial charge in [-0.15, -0.1) is 0 Å². The van der Waals surface area contributed by atoms with E-state index in [1.54, 1.807) is 7.11 Å². The minimum atomic E-state index is -0.0777. The number of aromatic hydroxyl groups is 1. The second-order valence-corrected chi connectivity index (χ2v) is 5.79. The number of benzene rings is 1. The summed E-state index contributed by atoms with van der Waals surface area (Å²) in [6.07, 6.45) is 5.76. The van der Waals surface area contributed by atoms with E-state index in [4.69, 9.17) is 10.5 Å². The Balaban J connectivity index is 2.62. The third kappa shape index (κ3) is 2.32. The zero-order chi connectivity index (χ0) is 14.0. The minimum absolute atomic E-state index is 0.0777. The van der Waals surface area contributed by atoms with Crippen molar-refractivity contribution in [2.24, 2.45) is 5.73 Å².